The van der Waals surface area contributed by atoms with Crippen LogP contribution in [0.1, 0.15) is 5.56 Å². The summed E-state index contributed by atoms with van der Waals surface area (Å²) in [6.07, 6.45) is 2.02. The molecule has 0 bridgehead atoms. The number of nitrogens with one attached hydrogen (secondary N) is 1. The van der Waals surface area contributed by atoms with E-state index in [4.69, 9.17) is 9.47 Å². The molecule has 32 heavy (non-hydrogen) atoms. The van der Waals surface area contributed by atoms with Gasteiger partial charge >= 0.3 is 0 Å². The van der Waals surface area contributed by atoms with Crippen LogP contribution in [-0.2, 0) is 11.3 Å². The summed E-state index contributed by atoms with van der Waals surface area (Å²) in [5.41, 5.74) is 2.51. The highest BCUT2D eigenvalue weighted by atomic mass is 32.2. The zero-order valence-corrected chi connectivity index (χ0v) is 18.6. The quantitative estimate of drug-likeness (QED) is 0.356. The fraction of sp³-hybridized carbons (Fsp3) is 0.160. The van der Waals surface area contributed by atoms with Gasteiger partial charge in [-0.15, -0.1) is 11.8 Å². The smallest absolute Gasteiger partial charge is 0.234 e. The molecule has 1 N–H and O–H groups in total. The maximum Gasteiger partial charge on any atom is 0.234 e. The second-order valence-electron chi connectivity index (χ2n) is 7.17. The van der Waals surface area contributed by atoms with Crippen molar-refractivity contribution >= 4 is 34.3 Å². The standard InChI is InChI=1S/C25H23FN2O3S/c1-30-19-10-11-21(23(13-19)31-2)27-25(29)16-32-24-15-28(22-9-4-3-8-20(22)24)14-17-6-5-7-18(26)12-17/h3-13,15H,14,16H2,1-2H3,(H,27,29). The summed E-state index contributed by atoms with van der Waals surface area (Å²) in [5.74, 6) is 1.04. The molecule has 0 spiro atoms. The number of rotatable bonds is 8. The molecule has 1 aromatic heterocycles. The number of benzene rings is 3. The van der Waals surface area contributed by atoms with Gasteiger partial charge in [0.1, 0.15) is 17.3 Å². The molecule has 0 unspecified atom stereocenters. The molecule has 1 amide bonds. The Balaban J connectivity index is 1.49. The molecule has 5 nitrogen and oxygen atoms in total. The monoisotopic (exact) mass is 450 g/mol. The minimum absolute atomic E-state index is 0.138. The summed E-state index contributed by atoms with van der Waals surface area (Å²) >= 11 is 1.46. The number of fused-ring (bicyclic) bond motifs is 1. The maximum atomic E-state index is 13.6. The number of methoxy groups -OCH3 is 2. The Labute approximate surface area is 190 Å². The van der Waals surface area contributed by atoms with E-state index < -0.39 is 0 Å². The number of hydrogen-bond acceptors (Lipinski definition) is 4. The second-order valence-corrected chi connectivity index (χ2v) is 8.19. The van der Waals surface area contributed by atoms with Crippen LogP contribution >= 0.6 is 11.8 Å². The van der Waals surface area contributed by atoms with Crippen LogP contribution < -0.4 is 14.8 Å². The highest BCUT2D eigenvalue weighted by Crippen LogP contribution is 2.32. The lowest BCUT2D eigenvalue weighted by molar-refractivity contribution is -0.113. The molecule has 0 fully saturated rings. The first-order chi connectivity index (χ1) is 15.6. The highest BCUT2D eigenvalue weighted by Gasteiger charge is 2.13. The van der Waals surface area contributed by atoms with E-state index in [-0.39, 0.29) is 17.5 Å². The Kier molecular flexibility index (Phi) is 6.66. The number of thioether (sulfide) groups is 1. The van der Waals surface area contributed by atoms with Crippen LogP contribution in [0, 0.1) is 5.82 Å². The van der Waals surface area contributed by atoms with Gasteiger partial charge in [0.05, 0.1) is 25.7 Å². The first-order valence-electron chi connectivity index (χ1n) is 10.0. The third-order valence-electron chi connectivity index (χ3n) is 5.04. The fourth-order valence-corrected chi connectivity index (χ4v) is 4.41. The molecule has 0 atom stereocenters. The van der Waals surface area contributed by atoms with E-state index in [1.54, 1.807) is 38.5 Å². The number of para-hydroxylation sites is 1. The van der Waals surface area contributed by atoms with Crippen molar-refractivity contribution in [2.24, 2.45) is 0 Å². The first-order valence-corrected chi connectivity index (χ1v) is 11.0. The van der Waals surface area contributed by atoms with Gasteiger partial charge in [0, 0.05) is 34.6 Å². The van der Waals surface area contributed by atoms with Gasteiger partial charge in [0.15, 0.2) is 0 Å². The second kappa shape index (κ2) is 9.78. The third-order valence-corrected chi connectivity index (χ3v) is 6.08. The largest absolute Gasteiger partial charge is 0.497 e. The van der Waals surface area contributed by atoms with E-state index >= 15 is 0 Å². The normalized spacial score (nSPS) is 10.8. The zero-order valence-electron chi connectivity index (χ0n) is 17.8. The van der Waals surface area contributed by atoms with Crippen LogP contribution in [0.25, 0.3) is 10.9 Å². The molecule has 7 heteroatoms. The Morgan fingerprint density at radius 1 is 1.03 bits per heavy atom. The van der Waals surface area contributed by atoms with Gasteiger partial charge in [0.25, 0.3) is 0 Å². The van der Waals surface area contributed by atoms with Crippen LogP contribution in [0.15, 0.2) is 77.8 Å². The maximum absolute atomic E-state index is 13.6. The van der Waals surface area contributed by atoms with Crippen molar-refractivity contribution in [3.05, 3.63) is 84.3 Å². The molecule has 3 aromatic carbocycles. The molecule has 4 rings (SSSR count). The summed E-state index contributed by atoms with van der Waals surface area (Å²) in [7, 11) is 3.13. The fourth-order valence-electron chi connectivity index (χ4n) is 3.52. The van der Waals surface area contributed by atoms with Gasteiger partial charge in [0.2, 0.25) is 5.91 Å². The van der Waals surface area contributed by atoms with Crippen molar-refractivity contribution in [3.63, 3.8) is 0 Å². The van der Waals surface area contributed by atoms with E-state index in [9.17, 15) is 9.18 Å². The molecule has 0 saturated heterocycles. The molecule has 4 aromatic rings. The van der Waals surface area contributed by atoms with Gasteiger partial charge in [-0.1, -0.05) is 30.3 Å². The lowest BCUT2D eigenvalue weighted by Gasteiger charge is -2.11. The number of aromatic nitrogens is 1. The molecule has 0 saturated carbocycles. The van der Waals surface area contributed by atoms with Crippen LogP contribution in [0.2, 0.25) is 0 Å². The predicted octanol–water partition coefficient (Wildman–Crippen LogP) is 5.58. The minimum atomic E-state index is -0.251. The van der Waals surface area contributed by atoms with E-state index in [0.717, 1.165) is 21.4 Å². The molecule has 164 valence electrons. The summed E-state index contributed by atoms with van der Waals surface area (Å²) < 4.78 is 26.2. The van der Waals surface area contributed by atoms with E-state index in [1.165, 1.54) is 23.9 Å². The van der Waals surface area contributed by atoms with E-state index in [0.29, 0.717) is 23.7 Å². The average Bonchev–Trinajstić information content (AvgIpc) is 3.15. The van der Waals surface area contributed by atoms with Crippen LogP contribution in [0.3, 0.4) is 0 Å². The lowest BCUT2D eigenvalue weighted by atomic mass is 10.2. The predicted molar refractivity (Wildman–Crippen MR) is 126 cm³/mol. The van der Waals surface area contributed by atoms with Crippen molar-refractivity contribution < 1.29 is 18.7 Å². The summed E-state index contributed by atoms with van der Waals surface area (Å²) in [4.78, 5) is 13.6. The summed E-state index contributed by atoms with van der Waals surface area (Å²) in [5, 5.41) is 3.95. The summed E-state index contributed by atoms with van der Waals surface area (Å²) in [6, 6.07) is 19.9. The topological polar surface area (TPSA) is 52.5 Å². The van der Waals surface area contributed by atoms with Crippen LogP contribution in [-0.4, -0.2) is 30.4 Å². The molecule has 0 aliphatic rings. The van der Waals surface area contributed by atoms with Crippen molar-refractivity contribution in [3.8, 4) is 11.5 Å². The number of carbonyl (C=O) groups is 1. The molecular formula is C25H23FN2O3S. The highest BCUT2D eigenvalue weighted by molar-refractivity contribution is 8.00. The average molecular weight is 451 g/mol. The Morgan fingerprint density at radius 2 is 1.88 bits per heavy atom. The molecule has 0 radical (unpaired) electrons. The molecule has 0 aliphatic carbocycles. The van der Waals surface area contributed by atoms with E-state index in [1.807, 2.05) is 36.5 Å². The van der Waals surface area contributed by atoms with Crippen LogP contribution in [0.5, 0.6) is 11.5 Å². The number of halogens is 1. The number of nitrogens with zero attached hydrogens (tertiary/aromatic N) is 1. The lowest BCUT2D eigenvalue weighted by Crippen LogP contribution is -2.14. The van der Waals surface area contributed by atoms with Crippen LogP contribution in [0.4, 0.5) is 10.1 Å². The van der Waals surface area contributed by atoms with Crippen molar-refractivity contribution in [1.82, 2.24) is 4.57 Å². The number of amides is 1. The SMILES string of the molecule is COc1ccc(NC(=O)CSc2cn(Cc3cccc(F)c3)c3ccccc23)c(OC)c1. The summed E-state index contributed by atoms with van der Waals surface area (Å²) in [6.45, 7) is 0.550. The molecule has 1 heterocycles. The van der Waals surface area contributed by atoms with Gasteiger partial charge in [-0.3, -0.25) is 4.79 Å². The number of hydrogen-bond donors (Lipinski definition) is 1. The van der Waals surface area contributed by atoms with E-state index in [2.05, 4.69) is 9.88 Å². The third kappa shape index (κ3) is 4.89. The number of anilines is 1. The van der Waals surface area contributed by atoms with Gasteiger partial charge in [-0.25, -0.2) is 4.39 Å². The Hall–Kier alpha value is -3.45. The first kappa shape index (κ1) is 21.8. The molecule has 0 aliphatic heterocycles. The van der Waals surface area contributed by atoms with Gasteiger partial charge < -0.3 is 19.4 Å². The van der Waals surface area contributed by atoms with Crippen molar-refractivity contribution in [1.29, 1.82) is 0 Å². The van der Waals surface area contributed by atoms with Gasteiger partial charge in [-0.2, -0.15) is 0 Å². The molecular weight excluding hydrogens is 427 g/mol. The number of carbonyl (C=O) groups excluding carboxylic acids is 1. The van der Waals surface area contributed by atoms with Crippen molar-refractivity contribution in [2.75, 3.05) is 25.3 Å². The van der Waals surface area contributed by atoms with Crippen molar-refractivity contribution in [2.45, 2.75) is 11.4 Å². The zero-order chi connectivity index (χ0) is 22.5. The minimum Gasteiger partial charge on any atom is -0.497 e. The Bertz CT molecular complexity index is 1260. The number of ether oxygens (including phenoxy) is 2. The van der Waals surface area contributed by atoms with Gasteiger partial charge in [-0.05, 0) is 35.9 Å². The Morgan fingerprint density at radius 3 is 2.66 bits per heavy atom.